The lowest BCUT2D eigenvalue weighted by molar-refractivity contribution is -0.173. The molecule has 5 N–H and O–H groups in total. The van der Waals surface area contributed by atoms with E-state index < -0.39 is 110 Å². The number of aryl methyl sites for hydroxylation is 2. The first-order valence-electron chi connectivity index (χ1n) is 21.9. The Morgan fingerprint density at radius 2 is 1.53 bits per heavy atom. The first kappa shape index (κ1) is 52.4. The van der Waals surface area contributed by atoms with Gasteiger partial charge in [0.05, 0.1) is 26.9 Å². The van der Waals surface area contributed by atoms with E-state index in [0.29, 0.717) is 22.4 Å². The van der Waals surface area contributed by atoms with Crippen LogP contribution in [0, 0.1) is 31.1 Å². The molecular weight excluding hydrogens is 936 g/mol. The van der Waals surface area contributed by atoms with Crippen molar-refractivity contribution < 1.29 is 57.3 Å². The molecule has 3 aromatic carbocycles. The van der Waals surface area contributed by atoms with Crippen LogP contribution in [0.25, 0.3) is 0 Å². The van der Waals surface area contributed by atoms with Gasteiger partial charge in [0.2, 0.25) is 12.1 Å². The van der Waals surface area contributed by atoms with Crippen LogP contribution in [-0.4, -0.2) is 103 Å². The molecule has 2 aromatic heterocycles. The SMILES string of the molecule is CCOC(C(=O)O)N(CCC1[C@H](OP(=O)(O)O)[C@@H](COC(c2ccccc2)(c2ccccc2)c2cccc(OC)c2OC)O[C@@]1(CCC#N)n1cc(C)c(=O)[nH]c1=O)C(=O)Cn1cc(C)c(=O)[nH]c1=O. The number of nitrogens with one attached hydrogen (secondary N) is 2. The van der Waals surface area contributed by atoms with Gasteiger partial charge in [0, 0.05) is 61.0 Å². The monoisotopic (exact) mass is 988 g/mol. The third-order valence-electron chi connectivity index (χ3n) is 12.0. The molecule has 1 fully saturated rings. The lowest BCUT2D eigenvalue weighted by atomic mass is 9.79. The summed E-state index contributed by atoms with van der Waals surface area (Å²) in [5.74, 6) is -3.57. The number of para-hydroxylation sites is 1. The molecule has 5 atom stereocenters. The number of nitrogens with zero attached hydrogens (tertiary/aromatic N) is 4. The quantitative estimate of drug-likeness (QED) is 0.0378. The van der Waals surface area contributed by atoms with E-state index in [0.717, 1.165) is 26.4 Å². The number of phosphoric acid groups is 1. The number of phosphoric ester groups is 1. The van der Waals surface area contributed by atoms with Gasteiger partial charge in [0.25, 0.3) is 11.1 Å². The van der Waals surface area contributed by atoms with Crippen molar-refractivity contribution >= 4 is 19.7 Å². The summed E-state index contributed by atoms with van der Waals surface area (Å²) in [7, 11) is -2.67. The minimum absolute atomic E-state index is 0.0107. The van der Waals surface area contributed by atoms with Crippen LogP contribution in [0.4, 0.5) is 0 Å². The van der Waals surface area contributed by atoms with Crippen LogP contribution >= 0.6 is 7.82 Å². The van der Waals surface area contributed by atoms with E-state index in [1.54, 1.807) is 78.9 Å². The summed E-state index contributed by atoms with van der Waals surface area (Å²) in [4.78, 5) is 105. The smallest absolute Gasteiger partial charge is 0.469 e. The van der Waals surface area contributed by atoms with Gasteiger partial charge in [-0.25, -0.2) is 18.9 Å². The van der Waals surface area contributed by atoms with E-state index in [-0.39, 0.29) is 29.9 Å². The predicted octanol–water partition coefficient (Wildman–Crippen LogP) is 2.84. The number of aromatic nitrogens is 4. The molecule has 372 valence electrons. The van der Waals surface area contributed by atoms with Crippen LogP contribution < -0.4 is 32.0 Å². The number of hydrogen-bond donors (Lipinski definition) is 5. The summed E-state index contributed by atoms with van der Waals surface area (Å²) in [6.45, 7) is 1.96. The van der Waals surface area contributed by atoms with Crippen molar-refractivity contribution in [3.63, 3.8) is 0 Å². The molecule has 23 heteroatoms. The number of carboxylic acid groups (broad SMARTS) is 1. The highest BCUT2D eigenvalue weighted by Crippen LogP contribution is 2.53. The van der Waals surface area contributed by atoms with Crippen LogP contribution in [0.2, 0.25) is 0 Å². The van der Waals surface area contributed by atoms with Gasteiger partial charge in [-0.1, -0.05) is 72.8 Å². The van der Waals surface area contributed by atoms with Crippen LogP contribution in [-0.2, 0) is 50.8 Å². The molecule has 6 rings (SSSR count). The van der Waals surface area contributed by atoms with Crippen molar-refractivity contribution in [2.45, 2.75) is 76.3 Å². The average molecular weight is 989 g/mol. The Labute approximate surface area is 399 Å². The Kier molecular flexibility index (Phi) is 16.6. The van der Waals surface area contributed by atoms with E-state index in [9.17, 15) is 53.5 Å². The maximum atomic E-state index is 14.3. The number of amides is 1. The molecule has 3 heterocycles. The number of H-pyrrole nitrogens is 2. The fourth-order valence-corrected chi connectivity index (χ4v) is 9.55. The zero-order chi connectivity index (χ0) is 51.0. The Morgan fingerprint density at radius 3 is 2.09 bits per heavy atom. The standard InChI is InChI=1S/C47H53N6O16P/c1-6-66-42(43(57)58)52(37(54)27-51-25-29(2)40(55)49-44(51)59)24-21-33-39(69-70(61,62)63)36(68-46(33,22-14-23-48)53-26-30(3)41(56)50-45(53)60)28-67-47(31-15-9-7-10-16-31,32-17-11-8-12-18-32)34-19-13-20-35(64-4)38(34)65-5/h7-13,15-20,25-26,33,36,39,42H,6,14,21-22,24,27-28H2,1-5H3,(H,57,58)(H,49,55,59)(H,50,56,60)(H2,61,62,63)/t33?,36-,39+,42?,46-/m1/s1. The average Bonchev–Trinajstić information content (AvgIpc) is 3.61. The first-order chi connectivity index (χ1) is 33.3. The van der Waals surface area contributed by atoms with Gasteiger partial charge in [-0.3, -0.25) is 38.0 Å². The minimum atomic E-state index is -5.58. The topological polar surface area (TPSA) is 304 Å². The summed E-state index contributed by atoms with van der Waals surface area (Å²) in [6, 6.07) is 25.0. The van der Waals surface area contributed by atoms with Crippen LogP contribution in [0.5, 0.6) is 11.5 Å². The molecule has 0 radical (unpaired) electrons. The van der Waals surface area contributed by atoms with E-state index in [1.165, 1.54) is 35.0 Å². The molecular formula is C47H53N6O16P. The van der Waals surface area contributed by atoms with Gasteiger partial charge in [-0.05, 0) is 44.4 Å². The summed E-state index contributed by atoms with van der Waals surface area (Å²) in [5.41, 5.74) is -5.80. The van der Waals surface area contributed by atoms with Crippen molar-refractivity contribution in [3.8, 4) is 17.6 Å². The summed E-state index contributed by atoms with van der Waals surface area (Å²) >= 11 is 0. The highest BCUT2D eigenvalue weighted by atomic mass is 31.2. The number of hydrogen-bond acceptors (Lipinski definition) is 14. The molecule has 0 spiro atoms. The van der Waals surface area contributed by atoms with Gasteiger partial charge in [0.1, 0.15) is 24.4 Å². The maximum Gasteiger partial charge on any atom is 0.469 e. The van der Waals surface area contributed by atoms with E-state index >= 15 is 0 Å². The lowest BCUT2D eigenvalue weighted by Gasteiger charge is -2.38. The van der Waals surface area contributed by atoms with Crippen molar-refractivity contribution in [2.75, 3.05) is 34.0 Å². The number of rotatable bonds is 22. The molecule has 0 bridgehead atoms. The maximum absolute atomic E-state index is 14.3. The number of carbonyl (C=O) groups excluding carboxylic acids is 1. The predicted molar refractivity (Wildman–Crippen MR) is 248 cm³/mol. The van der Waals surface area contributed by atoms with Gasteiger partial charge in [-0.15, -0.1) is 0 Å². The fraction of sp³-hybridized carbons (Fsp3) is 0.383. The molecule has 1 aliphatic rings. The molecule has 0 aliphatic carbocycles. The number of aliphatic carboxylic acids is 1. The number of nitriles is 1. The summed E-state index contributed by atoms with van der Waals surface area (Å²) < 4.78 is 51.9. The van der Waals surface area contributed by atoms with E-state index in [2.05, 4.69) is 9.97 Å². The van der Waals surface area contributed by atoms with Gasteiger partial charge in [0.15, 0.2) is 17.2 Å². The van der Waals surface area contributed by atoms with Crippen LogP contribution in [0.1, 0.15) is 54.0 Å². The lowest BCUT2D eigenvalue weighted by Crippen LogP contribution is -2.52. The highest BCUT2D eigenvalue weighted by Gasteiger charge is 2.59. The van der Waals surface area contributed by atoms with Gasteiger partial charge >= 0.3 is 25.2 Å². The summed E-state index contributed by atoms with van der Waals surface area (Å²) in [6.07, 6.45) is -4.44. The number of carbonyl (C=O) groups is 2. The number of methoxy groups -OCH3 is 2. The normalized spacial score (nSPS) is 18.5. The first-order valence-corrected chi connectivity index (χ1v) is 23.4. The second kappa shape index (κ2) is 22.2. The van der Waals surface area contributed by atoms with Gasteiger partial charge < -0.3 is 43.5 Å². The van der Waals surface area contributed by atoms with Crippen molar-refractivity contribution in [2.24, 2.45) is 5.92 Å². The second-order valence-corrected chi connectivity index (χ2v) is 17.4. The van der Waals surface area contributed by atoms with E-state index in [4.69, 9.17) is 28.2 Å². The Hall–Kier alpha value is -6.96. The van der Waals surface area contributed by atoms with Crippen LogP contribution in [0.15, 0.2) is 110 Å². The Bertz CT molecular complexity index is 2960. The molecule has 22 nitrogen and oxygen atoms in total. The number of aromatic amines is 2. The van der Waals surface area contributed by atoms with E-state index in [1.807, 2.05) is 6.07 Å². The fourth-order valence-electron chi connectivity index (χ4n) is 8.95. The largest absolute Gasteiger partial charge is 0.493 e. The second-order valence-electron chi connectivity index (χ2n) is 16.3. The molecule has 1 aliphatic heterocycles. The Morgan fingerprint density at radius 1 is 0.914 bits per heavy atom. The number of ether oxygens (including phenoxy) is 5. The number of benzene rings is 3. The summed E-state index contributed by atoms with van der Waals surface area (Å²) in [5, 5.41) is 20.5. The highest BCUT2D eigenvalue weighted by molar-refractivity contribution is 7.46. The molecule has 5 aromatic rings. The molecule has 0 saturated carbocycles. The van der Waals surface area contributed by atoms with Crippen molar-refractivity contribution in [3.05, 3.63) is 161 Å². The zero-order valence-electron chi connectivity index (χ0n) is 38.8. The molecule has 2 unspecified atom stereocenters. The van der Waals surface area contributed by atoms with Gasteiger partial charge in [-0.2, -0.15) is 5.26 Å². The third-order valence-corrected chi connectivity index (χ3v) is 12.5. The third kappa shape index (κ3) is 10.9. The molecule has 1 saturated heterocycles. The Balaban J connectivity index is 1.58. The number of carboxylic acids is 1. The minimum Gasteiger partial charge on any atom is -0.493 e. The van der Waals surface area contributed by atoms with Crippen molar-refractivity contribution in [1.29, 1.82) is 5.26 Å². The molecule has 70 heavy (non-hydrogen) atoms. The van der Waals surface area contributed by atoms with Crippen molar-refractivity contribution in [1.82, 2.24) is 24.0 Å². The zero-order valence-corrected chi connectivity index (χ0v) is 39.7. The van der Waals surface area contributed by atoms with Crippen LogP contribution in [0.3, 0.4) is 0 Å². The molecule has 1 amide bonds.